The highest BCUT2D eigenvalue weighted by atomic mass is 19.1. The maximum Gasteiger partial charge on any atom is 0.163 e. The highest BCUT2D eigenvalue weighted by molar-refractivity contribution is 5.81. The van der Waals surface area contributed by atoms with Crippen LogP contribution in [-0.2, 0) is 0 Å². The van der Waals surface area contributed by atoms with Crippen LogP contribution in [0.4, 0.5) is 4.39 Å². The van der Waals surface area contributed by atoms with Gasteiger partial charge in [0.25, 0.3) is 0 Å². The number of hydrogen-bond acceptors (Lipinski definition) is 4. The Morgan fingerprint density at radius 3 is 2.13 bits per heavy atom. The zero-order valence-corrected chi connectivity index (χ0v) is 13.0. The number of nitrogens with zero attached hydrogens (tertiary/aromatic N) is 2. The first-order chi connectivity index (χ1) is 11.2. The highest BCUT2D eigenvalue weighted by Gasteiger charge is 2.10. The van der Waals surface area contributed by atoms with Gasteiger partial charge in [0.2, 0.25) is 0 Å². The average Bonchev–Trinajstić information content (AvgIpc) is 2.56. The van der Waals surface area contributed by atoms with Crippen molar-refractivity contribution in [2.45, 2.75) is 13.8 Å². The fourth-order valence-electron chi connectivity index (χ4n) is 2.32. The first-order valence-electron chi connectivity index (χ1n) is 7.53. The number of rotatable bonds is 5. The minimum Gasteiger partial charge on any atom is -0.490 e. The van der Waals surface area contributed by atoms with Crippen LogP contribution >= 0.6 is 0 Å². The van der Waals surface area contributed by atoms with E-state index in [1.807, 2.05) is 26.0 Å². The molecule has 0 fully saturated rings. The van der Waals surface area contributed by atoms with E-state index in [1.54, 1.807) is 18.3 Å². The van der Waals surface area contributed by atoms with Gasteiger partial charge in [0, 0.05) is 17.7 Å². The summed E-state index contributed by atoms with van der Waals surface area (Å²) in [6.45, 7) is 4.92. The third-order valence-corrected chi connectivity index (χ3v) is 3.35. The Hall–Kier alpha value is -2.69. The second-order valence-electron chi connectivity index (χ2n) is 4.92. The lowest BCUT2D eigenvalue weighted by Crippen LogP contribution is -1.99. The van der Waals surface area contributed by atoms with E-state index in [0.717, 1.165) is 11.1 Å². The van der Waals surface area contributed by atoms with Crippen LogP contribution in [0.1, 0.15) is 13.8 Å². The zero-order valence-electron chi connectivity index (χ0n) is 13.0. The molecule has 118 valence electrons. The van der Waals surface area contributed by atoms with Crippen molar-refractivity contribution >= 4 is 11.0 Å². The van der Waals surface area contributed by atoms with Crippen molar-refractivity contribution in [1.29, 1.82) is 0 Å². The molecule has 0 saturated heterocycles. The summed E-state index contributed by atoms with van der Waals surface area (Å²) in [5.74, 6) is 1.03. The molecule has 1 aromatic heterocycles. The number of benzene rings is 2. The molecule has 0 aliphatic heterocycles. The molecule has 3 rings (SSSR count). The number of halogens is 1. The van der Waals surface area contributed by atoms with Gasteiger partial charge in [0.15, 0.2) is 11.5 Å². The highest BCUT2D eigenvalue weighted by Crippen LogP contribution is 2.32. The van der Waals surface area contributed by atoms with E-state index in [-0.39, 0.29) is 5.82 Å². The molecular formula is C18H17FN2O2. The van der Waals surface area contributed by atoms with Crippen molar-refractivity contribution in [1.82, 2.24) is 9.97 Å². The van der Waals surface area contributed by atoms with Crippen LogP contribution in [-0.4, -0.2) is 23.2 Å². The normalized spacial score (nSPS) is 10.7. The average molecular weight is 312 g/mol. The largest absolute Gasteiger partial charge is 0.490 e. The molecule has 1 heterocycles. The molecule has 0 amide bonds. The van der Waals surface area contributed by atoms with Crippen LogP contribution in [0.2, 0.25) is 0 Å². The molecule has 0 aliphatic carbocycles. The van der Waals surface area contributed by atoms with E-state index >= 15 is 0 Å². The SMILES string of the molecule is CCOc1cc2ncc(-c3ccc(F)cc3)nc2cc1OCC. The molecule has 0 spiro atoms. The molecule has 2 aromatic carbocycles. The Labute approximate surface area is 133 Å². The molecule has 3 aromatic rings. The van der Waals surface area contributed by atoms with Gasteiger partial charge in [-0.3, -0.25) is 4.98 Å². The topological polar surface area (TPSA) is 44.2 Å². The quantitative estimate of drug-likeness (QED) is 0.707. The van der Waals surface area contributed by atoms with E-state index in [9.17, 15) is 4.39 Å². The molecule has 0 atom stereocenters. The molecule has 23 heavy (non-hydrogen) atoms. The predicted octanol–water partition coefficient (Wildman–Crippen LogP) is 4.23. The first kappa shape index (κ1) is 15.2. The van der Waals surface area contributed by atoms with Crippen LogP contribution in [0, 0.1) is 5.82 Å². The third-order valence-electron chi connectivity index (χ3n) is 3.35. The van der Waals surface area contributed by atoms with Crippen LogP contribution in [0.3, 0.4) is 0 Å². The minimum atomic E-state index is -0.275. The number of aromatic nitrogens is 2. The van der Waals surface area contributed by atoms with E-state index in [2.05, 4.69) is 9.97 Å². The maximum absolute atomic E-state index is 13.0. The number of fused-ring (bicyclic) bond motifs is 1. The molecule has 0 aliphatic rings. The van der Waals surface area contributed by atoms with Crippen molar-refractivity contribution in [2.24, 2.45) is 0 Å². The van der Waals surface area contributed by atoms with E-state index in [0.29, 0.717) is 35.9 Å². The van der Waals surface area contributed by atoms with Crippen molar-refractivity contribution < 1.29 is 13.9 Å². The lowest BCUT2D eigenvalue weighted by molar-refractivity contribution is 0.288. The minimum absolute atomic E-state index is 0.275. The molecular weight excluding hydrogens is 295 g/mol. The van der Waals surface area contributed by atoms with E-state index in [1.165, 1.54) is 12.1 Å². The first-order valence-corrected chi connectivity index (χ1v) is 7.53. The lowest BCUT2D eigenvalue weighted by Gasteiger charge is -2.12. The summed E-state index contributed by atoms with van der Waals surface area (Å²) in [7, 11) is 0. The van der Waals surface area contributed by atoms with Gasteiger partial charge in [0.1, 0.15) is 5.82 Å². The number of ether oxygens (including phenoxy) is 2. The van der Waals surface area contributed by atoms with Gasteiger partial charge in [-0.2, -0.15) is 0 Å². The van der Waals surface area contributed by atoms with Gasteiger partial charge in [-0.15, -0.1) is 0 Å². The fourth-order valence-corrected chi connectivity index (χ4v) is 2.32. The van der Waals surface area contributed by atoms with E-state index < -0.39 is 0 Å². The summed E-state index contributed by atoms with van der Waals surface area (Å²) in [4.78, 5) is 9.03. The Balaban J connectivity index is 2.07. The van der Waals surface area contributed by atoms with Crippen molar-refractivity contribution in [3.8, 4) is 22.8 Å². The Morgan fingerprint density at radius 2 is 1.52 bits per heavy atom. The van der Waals surface area contributed by atoms with Crippen LogP contribution in [0.15, 0.2) is 42.6 Å². The second kappa shape index (κ2) is 6.60. The summed E-state index contributed by atoms with van der Waals surface area (Å²) in [6.07, 6.45) is 1.67. The molecule has 0 N–H and O–H groups in total. The molecule has 5 heteroatoms. The summed E-state index contributed by atoms with van der Waals surface area (Å²) >= 11 is 0. The Kier molecular flexibility index (Phi) is 4.37. The Bertz CT molecular complexity index is 819. The molecule has 0 bridgehead atoms. The van der Waals surface area contributed by atoms with Crippen molar-refractivity contribution in [3.05, 3.63) is 48.4 Å². The van der Waals surface area contributed by atoms with Gasteiger partial charge < -0.3 is 9.47 Å². The maximum atomic E-state index is 13.0. The lowest BCUT2D eigenvalue weighted by atomic mass is 10.1. The van der Waals surface area contributed by atoms with Crippen molar-refractivity contribution in [3.63, 3.8) is 0 Å². The summed E-state index contributed by atoms with van der Waals surface area (Å²) in [5, 5.41) is 0. The fraction of sp³-hybridized carbons (Fsp3) is 0.222. The molecule has 0 radical (unpaired) electrons. The molecule has 4 nitrogen and oxygen atoms in total. The summed E-state index contributed by atoms with van der Waals surface area (Å²) < 4.78 is 24.3. The molecule has 0 unspecified atom stereocenters. The van der Waals surface area contributed by atoms with Crippen molar-refractivity contribution in [2.75, 3.05) is 13.2 Å². The van der Waals surface area contributed by atoms with Gasteiger partial charge in [0.05, 0.1) is 36.1 Å². The Morgan fingerprint density at radius 1 is 0.913 bits per heavy atom. The van der Waals surface area contributed by atoms with Crippen LogP contribution in [0.25, 0.3) is 22.3 Å². The monoisotopic (exact) mass is 312 g/mol. The predicted molar refractivity (Wildman–Crippen MR) is 87.3 cm³/mol. The van der Waals surface area contributed by atoms with Gasteiger partial charge in [-0.1, -0.05) is 0 Å². The van der Waals surface area contributed by atoms with Crippen LogP contribution < -0.4 is 9.47 Å². The van der Waals surface area contributed by atoms with E-state index in [4.69, 9.17) is 9.47 Å². The van der Waals surface area contributed by atoms with Crippen LogP contribution in [0.5, 0.6) is 11.5 Å². The summed E-state index contributed by atoms with van der Waals surface area (Å²) in [6, 6.07) is 9.83. The van der Waals surface area contributed by atoms with Gasteiger partial charge in [-0.25, -0.2) is 9.37 Å². The zero-order chi connectivity index (χ0) is 16.2. The second-order valence-corrected chi connectivity index (χ2v) is 4.92. The third kappa shape index (κ3) is 3.23. The van der Waals surface area contributed by atoms with Gasteiger partial charge in [-0.05, 0) is 38.1 Å². The van der Waals surface area contributed by atoms with Gasteiger partial charge >= 0.3 is 0 Å². The number of hydrogen-bond donors (Lipinski definition) is 0. The standard InChI is InChI=1S/C18H17FN2O2/c1-3-22-17-9-14-15(10-18(17)23-4-2)21-16(11-20-14)12-5-7-13(19)8-6-12/h5-11H,3-4H2,1-2H3. The smallest absolute Gasteiger partial charge is 0.163 e. The summed E-state index contributed by atoms with van der Waals surface area (Å²) in [5.41, 5.74) is 2.93. The molecule has 0 saturated carbocycles.